The molecule has 0 spiro atoms. The first-order chi connectivity index (χ1) is 7.99. The van der Waals surface area contributed by atoms with Gasteiger partial charge in [-0.15, -0.1) is 0 Å². The van der Waals surface area contributed by atoms with E-state index in [4.69, 9.17) is 4.74 Å². The molecule has 0 radical (unpaired) electrons. The summed E-state index contributed by atoms with van der Waals surface area (Å²) >= 11 is 0. The van der Waals surface area contributed by atoms with Crippen LogP contribution in [0.15, 0.2) is 35.1 Å². The minimum Gasteiger partial charge on any atom is -0.497 e. The number of hydrogen-bond acceptors (Lipinski definition) is 2. The molecule has 0 heterocycles. The van der Waals surface area contributed by atoms with Gasteiger partial charge in [-0.05, 0) is 18.6 Å². The van der Waals surface area contributed by atoms with Crippen LogP contribution in [0.2, 0.25) is 0 Å². The van der Waals surface area contributed by atoms with Crippen molar-refractivity contribution >= 4 is 6.41 Å². The number of carbonyl (C=O) groups is 1. The predicted octanol–water partition coefficient (Wildman–Crippen LogP) is 2.08. The lowest BCUT2D eigenvalue weighted by atomic mass is 10.1. The molecule has 3 nitrogen and oxygen atoms in total. The number of hydrogen-bond donors (Lipinski definition) is 1. The monoisotopic (exact) mass is 247 g/mol. The standard InChI is InChI=1S/C11H12F3NO2/c1-17-10-4-2-3-9(11(12,13)14)5-8(10)6-15-7-16/h3-5,7H,2,6H2,1H3,(H,15,16). The Bertz CT molecular complexity index is 381. The molecule has 1 aliphatic rings. The van der Waals surface area contributed by atoms with Gasteiger partial charge in [0.25, 0.3) is 0 Å². The lowest BCUT2D eigenvalue weighted by Crippen LogP contribution is -2.17. The summed E-state index contributed by atoms with van der Waals surface area (Å²) in [5, 5.41) is 2.32. The van der Waals surface area contributed by atoms with E-state index >= 15 is 0 Å². The molecule has 0 aromatic rings. The average molecular weight is 247 g/mol. The molecule has 1 N–H and O–H groups in total. The van der Waals surface area contributed by atoms with E-state index in [1.54, 1.807) is 0 Å². The molecule has 0 aromatic heterocycles. The zero-order chi connectivity index (χ0) is 12.9. The second-order valence-corrected chi connectivity index (χ2v) is 3.33. The molecular formula is C11H12F3NO2. The average Bonchev–Trinajstić information content (AvgIpc) is 2.47. The fourth-order valence-corrected chi connectivity index (χ4v) is 1.44. The Morgan fingerprint density at radius 1 is 1.47 bits per heavy atom. The van der Waals surface area contributed by atoms with Gasteiger partial charge in [-0.25, -0.2) is 0 Å². The number of rotatable bonds is 4. The zero-order valence-electron chi connectivity index (χ0n) is 9.17. The normalized spacial score (nSPS) is 16.4. The van der Waals surface area contributed by atoms with Crippen molar-refractivity contribution in [1.29, 1.82) is 0 Å². The molecular weight excluding hydrogens is 235 g/mol. The van der Waals surface area contributed by atoms with Crippen molar-refractivity contribution in [2.24, 2.45) is 0 Å². The summed E-state index contributed by atoms with van der Waals surface area (Å²) in [4.78, 5) is 10.2. The van der Waals surface area contributed by atoms with E-state index in [2.05, 4.69) is 5.32 Å². The first-order valence-electron chi connectivity index (χ1n) is 4.88. The van der Waals surface area contributed by atoms with E-state index in [9.17, 15) is 18.0 Å². The zero-order valence-corrected chi connectivity index (χ0v) is 9.17. The Hall–Kier alpha value is -1.72. The molecule has 0 unspecified atom stereocenters. The largest absolute Gasteiger partial charge is 0.497 e. The molecule has 6 heteroatoms. The fourth-order valence-electron chi connectivity index (χ4n) is 1.44. The number of allylic oxidation sites excluding steroid dienone is 4. The second-order valence-electron chi connectivity index (χ2n) is 3.33. The maximum Gasteiger partial charge on any atom is 0.416 e. The van der Waals surface area contributed by atoms with Gasteiger partial charge in [-0.2, -0.15) is 13.2 Å². The van der Waals surface area contributed by atoms with Crippen LogP contribution in [0.25, 0.3) is 0 Å². The van der Waals surface area contributed by atoms with E-state index in [0.717, 1.165) is 12.2 Å². The molecule has 1 rings (SSSR count). The van der Waals surface area contributed by atoms with Crippen molar-refractivity contribution in [3.63, 3.8) is 0 Å². The highest BCUT2D eigenvalue weighted by molar-refractivity contribution is 5.49. The van der Waals surface area contributed by atoms with E-state index in [1.165, 1.54) is 13.2 Å². The Morgan fingerprint density at radius 2 is 2.18 bits per heavy atom. The molecule has 0 aliphatic heterocycles. The summed E-state index contributed by atoms with van der Waals surface area (Å²) in [5.41, 5.74) is -0.441. The van der Waals surface area contributed by atoms with Gasteiger partial charge in [0, 0.05) is 12.1 Å². The number of carbonyl (C=O) groups excluding carboxylic acids is 1. The lowest BCUT2D eigenvalue weighted by molar-refractivity contribution is -0.109. The van der Waals surface area contributed by atoms with Gasteiger partial charge in [0.2, 0.25) is 6.41 Å². The number of ether oxygens (including phenoxy) is 1. The third-order valence-electron chi connectivity index (χ3n) is 2.21. The maximum atomic E-state index is 12.6. The molecule has 0 fully saturated rings. The van der Waals surface area contributed by atoms with Gasteiger partial charge in [0.1, 0.15) is 5.76 Å². The van der Waals surface area contributed by atoms with Crippen LogP contribution in [0.3, 0.4) is 0 Å². The van der Waals surface area contributed by atoms with Crippen LogP contribution in [-0.4, -0.2) is 26.2 Å². The summed E-state index contributed by atoms with van der Waals surface area (Å²) in [7, 11) is 1.37. The van der Waals surface area contributed by atoms with Crippen molar-refractivity contribution < 1.29 is 22.7 Å². The molecule has 0 bridgehead atoms. The summed E-state index contributed by atoms with van der Waals surface area (Å²) < 4.78 is 42.7. The fraction of sp³-hybridized carbons (Fsp3) is 0.364. The molecule has 0 saturated heterocycles. The van der Waals surface area contributed by atoms with Gasteiger partial charge in [0.15, 0.2) is 0 Å². The highest BCUT2D eigenvalue weighted by atomic mass is 19.4. The van der Waals surface area contributed by atoms with Crippen molar-refractivity contribution in [1.82, 2.24) is 5.32 Å². The molecule has 17 heavy (non-hydrogen) atoms. The number of alkyl halides is 3. The topological polar surface area (TPSA) is 38.3 Å². The highest BCUT2D eigenvalue weighted by Gasteiger charge is 2.32. The SMILES string of the molecule is COC1=CCC=C(C(F)(F)F)C=C1CNC=O. The van der Waals surface area contributed by atoms with Crippen LogP contribution in [0.4, 0.5) is 13.2 Å². The summed E-state index contributed by atoms with van der Waals surface area (Å²) in [6.07, 6.45) is -0.235. The van der Waals surface area contributed by atoms with Crippen molar-refractivity contribution in [3.05, 3.63) is 35.1 Å². The quantitative estimate of drug-likeness (QED) is 0.772. The van der Waals surface area contributed by atoms with Crippen LogP contribution in [0.1, 0.15) is 6.42 Å². The molecule has 0 saturated carbocycles. The Labute approximate surface area is 96.6 Å². The van der Waals surface area contributed by atoms with E-state index in [-0.39, 0.29) is 13.0 Å². The van der Waals surface area contributed by atoms with Crippen molar-refractivity contribution in [2.75, 3.05) is 13.7 Å². The second kappa shape index (κ2) is 5.56. The van der Waals surface area contributed by atoms with Crippen molar-refractivity contribution in [2.45, 2.75) is 12.6 Å². The lowest BCUT2D eigenvalue weighted by Gasteiger charge is -2.11. The third kappa shape index (κ3) is 3.65. The summed E-state index contributed by atoms with van der Waals surface area (Å²) in [5.74, 6) is 0.342. The molecule has 94 valence electrons. The molecule has 0 atom stereocenters. The van der Waals surface area contributed by atoms with E-state index < -0.39 is 11.7 Å². The van der Waals surface area contributed by atoms with Crippen molar-refractivity contribution in [3.8, 4) is 0 Å². The number of amides is 1. The number of methoxy groups -OCH3 is 1. The van der Waals surface area contributed by atoms with Gasteiger partial charge in [-0.3, -0.25) is 4.79 Å². The minimum absolute atomic E-state index is 0.00338. The first kappa shape index (κ1) is 13.3. The van der Waals surface area contributed by atoms with E-state index in [1.807, 2.05) is 0 Å². The van der Waals surface area contributed by atoms with Gasteiger partial charge >= 0.3 is 6.18 Å². The number of halogens is 3. The van der Waals surface area contributed by atoms with Crippen LogP contribution >= 0.6 is 0 Å². The van der Waals surface area contributed by atoms with Gasteiger partial charge in [-0.1, -0.05) is 6.08 Å². The predicted molar refractivity (Wildman–Crippen MR) is 56.0 cm³/mol. The number of nitrogens with one attached hydrogen (secondary N) is 1. The highest BCUT2D eigenvalue weighted by Crippen LogP contribution is 2.31. The van der Waals surface area contributed by atoms with Crippen LogP contribution < -0.4 is 5.32 Å². The molecule has 1 amide bonds. The maximum absolute atomic E-state index is 12.6. The van der Waals surface area contributed by atoms with E-state index in [0.29, 0.717) is 17.7 Å². The Morgan fingerprint density at radius 3 is 2.71 bits per heavy atom. The molecule has 1 aliphatic carbocycles. The first-order valence-corrected chi connectivity index (χ1v) is 4.88. The van der Waals surface area contributed by atoms with Crippen LogP contribution in [0.5, 0.6) is 0 Å². The van der Waals surface area contributed by atoms with Gasteiger partial charge in [0.05, 0.1) is 12.7 Å². The Kier molecular flexibility index (Phi) is 4.37. The van der Waals surface area contributed by atoms with Crippen LogP contribution in [0, 0.1) is 0 Å². The Balaban J connectivity index is 3.00. The summed E-state index contributed by atoms with van der Waals surface area (Å²) in [6, 6.07) is 0. The van der Waals surface area contributed by atoms with Crippen LogP contribution in [-0.2, 0) is 9.53 Å². The molecule has 0 aromatic carbocycles. The third-order valence-corrected chi connectivity index (χ3v) is 2.21. The van der Waals surface area contributed by atoms with Gasteiger partial charge < -0.3 is 10.1 Å². The minimum atomic E-state index is -4.40. The summed E-state index contributed by atoms with van der Waals surface area (Å²) in [6.45, 7) is -0.00338. The smallest absolute Gasteiger partial charge is 0.416 e.